The van der Waals surface area contributed by atoms with Gasteiger partial charge in [0.2, 0.25) is 0 Å². The van der Waals surface area contributed by atoms with Crippen molar-refractivity contribution in [3.8, 4) is 0 Å². The largest absolute Gasteiger partial charge is 0.368 e. The van der Waals surface area contributed by atoms with E-state index in [4.69, 9.17) is 0 Å². The second kappa shape index (κ2) is 7.71. The van der Waals surface area contributed by atoms with Crippen LogP contribution in [0.5, 0.6) is 0 Å². The lowest BCUT2D eigenvalue weighted by molar-refractivity contribution is 0.517. The fourth-order valence-corrected chi connectivity index (χ4v) is 4.68. The van der Waals surface area contributed by atoms with Crippen LogP contribution in [0, 0.1) is 12.8 Å². The van der Waals surface area contributed by atoms with E-state index in [0.717, 1.165) is 22.5 Å². The Morgan fingerprint density at radius 2 is 2.00 bits per heavy atom. The summed E-state index contributed by atoms with van der Waals surface area (Å²) >= 11 is 0. The average molecular weight is 398 g/mol. The Labute approximate surface area is 164 Å². The molecule has 1 N–H and O–H groups in total. The van der Waals surface area contributed by atoms with Gasteiger partial charge in [-0.15, -0.1) is 0 Å². The third-order valence-corrected chi connectivity index (χ3v) is 6.70. The maximum atomic E-state index is 13.0. The lowest BCUT2D eigenvalue weighted by Gasteiger charge is -2.16. The fraction of sp³-hybridized carbons (Fsp3) is 0.350. The maximum absolute atomic E-state index is 13.0. The van der Waals surface area contributed by atoms with Crippen LogP contribution in [-0.2, 0) is 10.0 Å². The molecule has 2 aromatic heterocycles. The van der Waals surface area contributed by atoms with E-state index in [-0.39, 0.29) is 10.5 Å². The molecule has 7 nitrogen and oxygen atoms in total. The number of hydrogen-bond donors (Lipinski definition) is 1. The molecule has 0 saturated carbocycles. The highest BCUT2D eigenvalue weighted by Crippen LogP contribution is 2.24. The molecule has 1 aliphatic rings. The molecule has 2 heterocycles. The van der Waals surface area contributed by atoms with E-state index in [1.165, 1.54) is 31.9 Å². The number of benzene rings is 1. The van der Waals surface area contributed by atoms with Crippen molar-refractivity contribution in [1.29, 1.82) is 0 Å². The monoisotopic (exact) mass is 397 g/mol. The van der Waals surface area contributed by atoms with Crippen molar-refractivity contribution >= 4 is 27.0 Å². The van der Waals surface area contributed by atoms with Crippen LogP contribution < -0.4 is 5.32 Å². The van der Waals surface area contributed by atoms with Gasteiger partial charge in [-0.3, -0.25) is 0 Å². The number of anilines is 1. The molecule has 0 aliphatic heterocycles. The molecule has 0 bridgehead atoms. The van der Waals surface area contributed by atoms with Gasteiger partial charge >= 0.3 is 0 Å². The molecule has 4 rings (SSSR count). The molecule has 0 spiro atoms. The number of hydrogen-bond acceptors (Lipinski definition) is 6. The molecule has 28 heavy (non-hydrogen) atoms. The molecule has 146 valence electrons. The van der Waals surface area contributed by atoms with Gasteiger partial charge in [-0.1, -0.05) is 29.8 Å². The average Bonchev–Trinajstić information content (AvgIpc) is 3.15. The van der Waals surface area contributed by atoms with Gasteiger partial charge in [0.25, 0.3) is 10.0 Å². The molecule has 1 aliphatic carbocycles. The first-order valence-electron chi connectivity index (χ1n) is 9.46. The number of allylic oxidation sites excluding steroid dienone is 2. The van der Waals surface area contributed by atoms with Crippen LogP contribution in [0.2, 0.25) is 0 Å². The molecule has 0 saturated heterocycles. The lowest BCUT2D eigenvalue weighted by Crippen LogP contribution is -2.13. The molecule has 1 atom stereocenters. The molecule has 8 heteroatoms. The van der Waals surface area contributed by atoms with Gasteiger partial charge in [0.05, 0.1) is 4.90 Å². The van der Waals surface area contributed by atoms with Crippen molar-refractivity contribution in [1.82, 2.24) is 18.9 Å². The second-order valence-electron chi connectivity index (χ2n) is 7.09. The van der Waals surface area contributed by atoms with Gasteiger partial charge in [-0.05, 0) is 50.7 Å². The molecule has 1 unspecified atom stereocenters. The third kappa shape index (κ3) is 3.64. The summed E-state index contributed by atoms with van der Waals surface area (Å²) in [6, 6.07) is 6.73. The molecule has 1 aromatic carbocycles. The van der Waals surface area contributed by atoms with Crippen LogP contribution in [0.15, 0.2) is 54.0 Å². The van der Waals surface area contributed by atoms with Gasteiger partial charge < -0.3 is 5.32 Å². The minimum absolute atomic E-state index is 0.203. The summed E-state index contributed by atoms with van der Waals surface area (Å²) in [7, 11) is -3.77. The predicted molar refractivity (Wildman–Crippen MR) is 109 cm³/mol. The van der Waals surface area contributed by atoms with Crippen LogP contribution in [-0.4, -0.2) is 33.9 Å². The van der Waals surface area contributed by atoms with Crippen molar-refractivity contribution in [3.63, 3.8) is 0 Å². The van der Waals surface area contributed by atoms with Crippen molar-refractivity contribution in [3.05, 3.63) is 54.6 Å². The number of nitrogens with one attached hydrogen (secondary N) is 1. The Morgan fingerprint density at radius 3 is 2.75 bits per heavy atom. The van der Waals surface area contributed by atoms with E-state index in [2.05, 4.69) is 32.4 Å². The highest BCUT2D eigenvalue weighted by atomic mass is 32.2. The molecule has 0 radical (unpaired) electrons. The summed E-state index contributed by atoms with van der Waals surface area (Å²) in [6.45, 7) is 2.66. The van der Waals surface area contributed by atoms with E-state index in [9.17, 15) is 8.42 Å². The van der Waals surface area contributed by atoms with Crippen LogP contribution in [0.3, 0.4) is 0 Å². The van der Waals surface area contributed by atoms with E-state index in [1.54, 1.807) is 24.3 Å². The van der Waals surface area contributed by atoms with Crippen LogP contribution in [0.25, 0.3) is 11.2 Å². The van der Waals surface area contributed by atoms with E-state index in [0.29, 0.717) is 17.3 Å². The number of imidazole rings is 1. The van der Waals surface area contributed by atoms with Crippen molar-refractivity contribution in [2.75, 3.05) is 11.9 Å². The van der Waals surface area contributed by atoms with Gasteiger partial charge in [0.15, 0.2) is 17.0 Å². The quantitative estimate of drug-likeness (QED) is 0.640. The van der Waals surface area contributed by atoms with Gasteiger partial charge in [-0.25, -0.2) is 27.3 Å². The van der Waals surface area contributed by atoms with Crippen LogP contribution in [0.1, 0.15) is 31.2 Å². The Kier molecular flexibility index (Phi) is 5.13. The predicted octanol–water partition coefficient (Wildman–Crippen LogP) is 3.53. The third-order valence-electron chi connectivity index (χ3n) is 5.04. The van der Waals surface area contributed by atoms with Gasteiger partial charge in [0.1, 0.15) is 12.7 Å². The standard InChI is InChI=1S/C20H23N5O2S/c1-15-7-9-17(10-8-15)28(26,27)25-14-24-18-19(22-13-23-20(18)25)21-12-11-16-5-3-2-4-6-16/h3,5,7-10,13-14,16H,2,4,6,11-12H2,1H3,(H,21,22,23). The zero-order valence-electron chi connectivity index (χ0n) is 15.7. The Bertz CT molecular complexity index is 1100. The van der Waals surface area contributed by atoms with Crippen molar-refractivity contribution in [2.45, 2.75) is 37.5 Å². The smallest absolute Gasteiger partial charge is 0.270 e. The van der Waals surface area contributed by atoms with E-state index >= 15 is 0 Å². The Balaban J connectivity index is 1.58. The zero-order chi connectivity index (χ0) is 19.6. The summed E-state index contributed by atoms with van der Waals surface area (Å²) in [5, 5.41) is 3.29. The second-order valence-corrected chi connectivity index (χ2v) is 8.90. The van der Waals surface area contributed by atoms with Crippen molar-refractivity contribution in [2.24, 2.45) is 5.92 Å². The number of rotatable bonds is 6. The molecular formula is C20H23N5O2S. The fourth-order valence-electron chi connectivity index (χ4n) is 3.44. The molecule has 3 aromatic rings. The number of aryl methyl sites for hydroxylation is 1. The minimum atomic E-state index is -3.77. The first-order chi connectivity index (χ1) is 13.6. The first-order valence-corrected chi connectivity index (χ1v) is 10.9. The zero-order valence-corrected chi connectivity index (χ0v) is 16.6. The minimum Gasteiger partial charge on any atom is -0.368 e. The van der Waals surface area contributed by atoms with E-state index in [1.807, 2.05) is 6.92 Å². The summed E-state index contributed by atoms with van der Waals surface area (Å²) in [6.07, 6.45) is 11.8. The SMILES string of the molecule is Cc1ccc(S(=O)(=O)n2cnc3c(NCCC4C=CCCC4)ncnc32)cc1. The number of nitrogens with zero attached hydrogens (tertiary/aromatic N) is 4. The van der Waals surface area contributed by atoms with Gasteiger partial charge in [-0.2, -0.15) is 0 Å². The molecule has 0 fully saturated rings. The topological polar surface area (TPSA) is 89.8 Å². The Hall–Kier alpha value is -2.74. The van der Waals surface area contributed by atoms with Gasteiger partial charge in [0, 0.05) is 6.54 Å². The summed E-state index contributed by atoms with van der Waals surface area (Å²) < 4.78 is 27.1. The summed E-state index contributed by atoms with van der Waals surface area (Å²) in [4.78, 5) is 12.9. The van der Waals surface area contributed by atoms with Crippen LogP contribution in [0.4, 0.5) is 5.82 Å². The highest BCUT2D eigenvalue weighted by molar-refractivity contribution is 7.90. The highest BCUT2D eigenvalue weighted by Gasteiger charge is 2.22. The summed E-state index contributed by atoms with van der Waals surface area (Å²) in [5.74, 6) is 1.14. The molecule has 0 amide bonds. The van der Waals surface area contributed by atoms with Crippen LogP contribution >= 0.6 is 0 Å². The first kappa shape index (κ1) is 18.6. The number of fused-ring (bicyclic) bond motifs is 1. The summed E-state index contributed by atoms with van der Waals surface area (Å²) in [5.41, 5.74) is 1.73. The Morgan fingerprint density at radius 1 is 1.18 bits per heavy atom. The van der Waals surface area contributed by atoms with E-state index < -0.39 is 10.0 Å². The molecular weight excluding hydrogens is 374 g/mol. The number of aromatic nitrogens is 4. The normalized spacial score (nSPS) is 17.1. The maximum Gasteiger partial charge on any atom is 0.270 e. The lowest BCUT2D eigenvalue weighted by atomic mass is 9.93. The van der Waals surface area contributed by atoms with Crippen molar-refractivity contribution < 1.29 is 8.42 Å².